The summed E-state index contributed by atoms with van der Waals surface area (Å²) in [5, 5.41) is 5.69. The van der Waals surface area contributed by atoms with E-state index < -0.39 is 0 Å². The van der Waals surface area contributed by atoms with E-state index in [-0.39, 0.29) is 23.8 Å². The number of fused-ring (bicyclic) bond motifs is 4. The van der Waals surface area contributed by atoms with Gasteiger partial charge in [-0.15, -0.1) is 0 Å². The number of nitrogens with one attached hydrogen (secondary N) is 2. The van der Waals surface area contributed by atoms with Gasteiger partial charge in [0.25, 0.3) is 0 Å². The molecule has 0 spiro atoms. The average Bonchev–Trinajstić information content (AvgIpc) is 2.97. The molecular weight excluding hydrogens is 424 g/mol. The summed E-state index contributed by atoms with van der Waals surface area (Å²) < 4.78 is 17.0. The summed E-state index contributed by atoms with van der Waals surface area (Å²) in [6.07, 6.45) is 1.35. The summed E-state index contributed by atoms with van der Waals surface area (Å²) in [5.41, 5.74) is 4.87. The molecule has 1 heterocycles. The van der Waals surface area contributed by atoms with E-state index in [9.17, 15) is 9.59 Å². The molecule has 1 aromatic rings. The molecule has 33 heavy (non-hydrogen) atoms. The zero-order chi connectivity index (χ0) is 23.7. The Balaban J connectivity index is 2.02. The molecule has 0 bridgehead atoms. The van der Waals surface area contributed by atoms with Crippen molar-refractivity contribution in [2.45, 2.75) is 32.7 Å². The van der Waals surface area contributed by atoms with E-state index in [1.54, 1.807) is 21.3 Å². The van der Waals surface area contributed by atoms with Crippen molar-refractivity contribution in [2.24, 2.45) is 0 Å². The van der Waals surface area contributed by atoms with Crippen molar-refractivity contribution in [3.63, 3.8) is 0 Å². The molecule has 0 saturated carbocycles. The van der Waals surface area contributed by atoms with Crippen LogP contribution < -0.4 is 24.8 Å². The molecule has 0 radical (unpaired) electrons. The van der Waals surface area contributed by atoms with Crippen LogP contribution in [0.25, 0.3) is 22.5 Å². The number of anilines is 1. The summed E-state index contributed by atoms with van der Waals surface area (Å²) in [4.78, 5) is 32.4. The fourth-order valence-electron chi connectivity index (χ4n) is 4.36. The number of imidazole rings is 1. The van der Waals surface area contributed by atoms with Crippen molar-refractivity contribution < 1.29 is 23.8 Å². The Bertz CT molecular complexity index is 1210. The Morgan fingerprint density at radius 3 is 2.30 bits per heavy atom. The fourth-order valence-corrected chi connectivity index (χ4v) is 4.36. The molecule has 4 rings (SSSR count). The lowest BCUT2D eigenvalue weighted by Gasteiger charge is -2.19. The Morgan fingerprint density at radius 2 is 1.67 bits per heavy atom. The average molecular weight is 450 g/mol. The predicted molar refractivity (Wildman–Crippen MR) is 123 cm³/mol. The van der Waals surface area contributed by atoms with Crippen molar-refractivity contribution in [3.8, 4) is 39.8 Å². The first kappa shape index (κ1) is 22.3. The zero-order valence-corrected chi connectivity index (χ0v) is 19.2. The summed E-state index contributed by atoms with van der Waals surface area (Å²) in [6.45, 7) is 2.91. The highest BCUT2D eigenvalue weighted by Crippen LogP contribution is 2.50. The van der Waals surface area contributed by atoms with E-state index >= 15 is 0 Å². The number of amides is 2. The van der Waals surface area contributed by atoms with Crippen molar-refractivity contribution in [1.29, 1.82) is 0 Å². The third-order valence-corrected chi connectivity index (χ3v) is 5.65. The Kier molecular flexibility index (Phi) is 6.04. The first-order valence-corrected chi connectivity index (χ1v) is 10.5. The van der Waals surface area contributed by atoms with Gasteiger partial charge in [0.15, 0.2) is 11.5 Å². The molecule has 2 aliphatic carbocycles. The normalized spacial score (nSPS) is 14.5. The SMILES string of the molecule is COc1cc2c(c(OC)c1OC)-c1ccc3nc(NC(C)=O)nc-3cc1[C@H](NC(C)=O)CC2. The number of hydrogen-bond acceptors (Lipinski definition) is 7. The van der Waals surface area contributed by atoms with Gasteiger partial charge >= 0.3 is 0 Å². The van der Waals surface area contributed by atoms with Crippen LogP contribution in [0.3, 0.4) is 0 Å². The smallest absolute Gasteiger partial charge is 0.230 e. The topological polar surface area (TPSA) is 112 Å². The van der Waals surface area contributed by atoms with Crippen LogP contribution in [-0.2, 0) is 16.0 Å². The van der Waals surface area contributed by atoms with Crippen molar-refractivity contribution in [3.05, 3.63) is 35.4 Å². The zero-order valence-electron chi connectivity index (χ0n) is 19.2. The maximum absolute atomic E-state index is 12.0. The second kappa shape index (κ2) is 8.93. The lowest BCUT2D eigenvalue weighted by Crippen LogP contribution is -2.26. The number of methoxy groups -OCH3 is 3. The van der Waals surface area contributed by atoms with Crippen molar-refractivity contribution in [2.75, 3.05) is 26.6 Å². The van der Waals surface area contributed by atoms with Crippen LogP contribution in [0.4, 0.5) is 5.95 Å². The number of carbonyl (C=O) groups is 2. The molecule has 0 aromatic heterocycles. The van der Waals surface area contributed by atoms with Gasteiger partial charge in [0, 0.05) is 19.4 Å². The van der Waals surface area contributed by atoms with Crippen molar-refractivity contribution in [1.82, 2.24) is 15.3 Å². The van der Waals surface area contributed by atoms with E-state index in [0.717, 1.165) is 22.3 Å². The molecule has 1 atom stereocenters. The lowest BCUT2D eigenvalue weighted by molar-refractivity contribution is -0.119. The molecule has 9 heteroatoms. The second-order valence-electron chi connectivity index (χ2n) is 7.82. The number of hydrogen-bond donors (Lipinski definition) is 2. The van der Waals surface area contributed by atoms with Gasteiger partial charge in [0.2, 0.25) is 23.5 Å². The highest BCUT2D eigenvalue weighted by atomic mass is 16.5. The maximum atomic E-state index is 12.0. The van der Waals surface area contributed by atoms with Crippen LogP contribution in [0.5, 0.6) is 17.2 Å². The Labute approximate surface area is 191 Å². The molecule has 3 aliphatic rings. The number of nitrogens with zero attached hydrogens (tertiary/aromatic N) is 2. The summed E-state index contributed by atoms with van der Waals surface area (Å²) in [6, 6.07) is 7.40. The third-order valence-electron chi connectivity index (χ3n) is 5.65. The highest BCUT2D eigenvalue weighted by molar-refractivity contribution is 5.88. The fraction of sp³-hybridized carbons (Fsp3) is 0.333. The molecule has 1 aliphatic heterocycles. The van der Waals surface area contributed by atoms with E-state index in [1.165, 1.54) is 13.8 Å². The van der Waals surface area contributed by atoms with Crippen LogP contribution in [-0.4, -0.2) is 43.1 Å². The summed E-state index contributed by atoms with van der Waals surface area (Å²) >= 11 is 0. The number of aryl methyl sites for hydroxylation is 1. The minimum Gasteiger partial charge on any atom is -0.493 e. The Morgan fingerprint density at radius 1 is 0.939 bits per heavy atom. The molecule has 0 unspecified atom stereocenters. The van der Waals surface area contributed by atoms with Crippen molar-refractivity contribution >= 4 is 17.8 Å². The van der Waals surface area contributed by atoms with Crippen LogP contribution in [0.2, 0.25) is 0 Å². The number of aromatic nitrogens is 2. The number of carbonyl (C=O) groups excluding carboxylic acids is 2. The maximum Gasteiger partial charge on any atom is 0.230 e. The van der Waals surface area contributed by atoms with Crippen LogP contribution >= 0.6 is 0 Å². The first-order valence-electron chi connectivity index (χ1n) is 10.5. The summed E-state index contributed by atoms with van der Waals surface area (Å²) in [5.74, 6) is 1.50. The number of benzene rings is 1. The van der Waals surface area contributed by atoms with E-state index in [4.69, 9.17) is 14.2 Å². The number of rotatable bonds is 5. The monoisotopic (exact) mass is 450 g/mol. The quantitative estimate of drug-likeness (QED) is 0.613. The molecule has 2 N–H and O–H groups in total. The Hall–Kier alpha value is -3.88. The van der Waals surface area contributed by atoms with Gasteiger partial charge in [-0.1, -0.05) is 6.07 Å². The van der Waals surface area contributed by atoms with E-state index in [0.29, 0.717) is 41.5 Å². The standard InChI is InChI=1S/C24H26N4O5/c1-12(29)25-17-8-6-14-10-20(31-3)22(32-4)23(33-5)21(14)15-7-9-18-19(11-16(15)17)28-24(27-18)26-13(2)30/h7,9-11,17H,6,8H2,1-5H3,(H,25,29)(H,26,27,28,30)/t17-/m1/s1. The molecule has 2 amide bonds. The minimum atomic E-state index is -0.261. The molecule has 172 valence electrons. The number of ether oxygens (including phenoxy) is 3. The molecule has 0 saturated heterocycles. The van der Waals surface area contributed by atoms with E-state index in [2.05, 4.69) is 20.6 Å². The van der Waals surface area contributed by atoms with E-state index in [1.807, 2.05) is 24.3 Å². The molecular formula is C24H26N4O5. The van der Waals surface area contributed by atoms with Gasteiger partial charge in [-0.05, 0) is 47.7 Å². The predicted octanol–water partition coefficient (Wildman–Crippen LogP) is 3.36. The third kappa shape index (κ3) is 4.13. The minimum absolute atomic E-state index is 0.130. The van der Waals surface area contributed by atoms with Gasteiger partial charge in [0.1, 0.15) is 0 Å². The van der Waals surface area contributed by atoms with Crippen LogP contribution in [0.15, 0.2) is 24.3 Å². The van der Waals surface area contributed by atoms with Gasteiger partial charge in [0.05, 0.1) is 38.8 Å². The largest absolute Gasteiger partial charge is 0.493 e. The van der Waals surface area contributed by atoms with Crippen LogP contribution in [0, 0.1) is 0 Å². The lowest BCUT2D eigenvalue weighted by atomic mass is 9.95. The molecule has 0 fully saturated rings. The van der Waals surface area contributed by atoms with Gasteiger partial charge in [-0.2, -0.15) is 0 Å². The summed E-state index contributed by atoms with van der Waals surface area (Å²) in [7, 11) is 4.75. The molecule has 9 nitrogen and oxygen atoms in total. The first-order chi connectivity index (χ1) is 15.9. The van der Waals surface area contributed by atoms with Gasteiger partial charge in [-0.25, -0.2) is 9.97 Å². The highest BCUT2D eigenvalue weighted by Gasteiger charge is 2.30. The van der Waals surface area contributed by atoms with Crippen LogP contribution in [0.1, 0.15) is 37.4 Å². The van der Waals surface area contributed by atoms with Gasteiger partial charge < -0.3 is 19.5 Å². The molecule has 1 aromatic carbocycles. The second-order valence-corrected chi connectivity index (χ2v) is 7.82. The van der Waals surface area contributed by atoms with Gasteiger partial charge in [-0.3, -0.25) is 14.9 Å².